The van der Waals surface area contributed by atoms with Gasteiger partial charge in [-0.15, -0.1) is 0 Å². The Morgan fingerprint density at radius 1 is 1.00 bits per heavy atom. The van der Waals surface area contributed by atoms with Gasteiger partial charge < -0.3 is 19.3 Å². The van der Waals surface area contributed by atoms with Crippen LogP contribution in [0.15, 0.2) is 42.5 Å². The van der Waals surface area contributed by atoms with E-state index in [0.717, 1.165) is 55.6 Å². The van der Waals surface area contributed by atoms with Gasteiger partial charge in [0.1, 0.15) is 5.82 Å². The Bertz CT molecular complexity index is 903. The SMILES string of the molecule is CCCOc1cccc(N2CCN(c3nsc4ccccc34)CC2)c1OC. The standard InChI is InChI=1S/C21H25N3O2S/c1-3-15-26-18-9-6-8-17(20(18)25-2)23-11-13-24(14-12-23)21-16-7-4-5-10-19(16)27-22-21/h4-10H,3,11-15H2,1-2H3. The molecule has 0 unspecified atom stereocenters. The molecule has 6 heteroatoms. The van der Waals surface area contributed by atoms with Crippen LogP contribution in [0.1, 0.15) is 13.3 Å². The van der Waals surface area contributed by atoms with Crippen molar-refractivity contribution < 1.29 is 9.47 Å². The van der Waals surface area contributed by atoms with Gasteiger partial charge in [0, 0.05) is 31.6 Å². The van der Waals surface area contributed by atoms with Crippen molar-refractivity contribution in [3.8, 4) is 11.5 Å². The monoisotopic (exact) mass is 383 g/mol. The van der Waals surface area contributed by atoms with Crippen molar-refractivity contribution in [3.05, 3.63) is 42.5 Å². The van der Waals surface area contributed by atoms with Crippen LogP contribution < -0.4 is 19.3 Å². The first-order valence-electron chi connectivity index (χ1n) is 9.46. The molecule has 0 bridgehead atoms. The van der Waals surface area contributed by atoms with Gasteiger partial charge >= 0.3 is 0 Å². The normalized spacial score (nSPS) is 14.6. The van der Waals surface area contributed by atoms with E-state index >= 15 is 0 Å². The Balaban J connectivity index is 1.51. The molecule has 0 aliphatic carbocycles. The molecule has 0 radical (unpaired) electrons. The summed E-state index contributed by atoms with van der Waals surface area (Å²) in [6, 6.07) is 14.6. The summed E-state index contributed by atoms with van der Waals surface area (Å²) < 4.78 is 17.5. The molecule has 1 aliphatic heterocycles. The maximum Gasteiger partial charge on any atom is 0.184 e. The highest BCUT2D eigenvalue weighted by atomic mass is 32.1. The molecule has 1 aromatic heterocycles. The van der Waals surface area contributed by atoms with Gasteiger partial charge in [-0.05, 0) is 42.2 Å². The van der Waals surface area contributed by atoms with Crippen molar-refractivity contribution in [1.29, 1.82) is 0 Å². The molecular weight excluding hydrogens is 358 g/mol. The van der Waals surface area contributed by atoms with E-state index in [1.165, 1.54) is 10.1 Å². The molecule has 0 spiro atoms. The Kier molecular flexibility index (Phi) is 5.34. The molecule has 0 atom stereocenters. The van der Waals surface area contributed by atoms with Crippen molar-refractivity contribution in [1.82, 2.24) is 4.37 Å². The number of hydrogen-bond acceptors (Lipinski definition) is 6. The average Bonchev–Trinajstić information content (AvgIpc) is 3.16. The van der Waals surface area contributed by atoms with Crippen LogP contribution >= 0.6 is 11.5 Å². The third kappa shape index (κ3) is 3.54. The number of para-hydroxylation sites is 1. The number of ether oxygens (including phenoxy) is 2. The summed E-state index contributed by atoms with van der Waals surface area (Å²) in [5, 5.41) is 1.25. The lowest BCUT2D eigenvalue weighted by Gasteiger charge is -2.37. The van der Waals surface area contributed by atoms with Gasteiger partial charge in [0.25, 0.3) is 0 Å². The second-order valence-electron chi connectivity index (χ2n) is 6.63. The van der Waals surface area contributed by atoms with Crippen LogP contribution in [0.25, 0.3) is 10.1 Å². The third-order valence-corrected chi connectivity index (χ3v) is 5.72. The van der Waals surface area contributed by atoms with Crippen molar-refractivity contribution in [2.45, 2.75) is 13.3 Å². The summed E-state index contributed by atoms with van der Waals surface area (Å²) in [5.41, 5.74) is 1.11. The number of piperazine rings is 1. The van der Waals surface area contributed by atoms with Crippen molar-refractivity contribution in [2.24, 2.45) is 0 Å². The maximum absolute atomic E-state index is 5.87. The van der Waals surface area contributed by atoms with Gasteiger partial charge in [0.05, 0.1) is 24.1 Å². The van der Waals surface area contributed by atoms with E-state index in [4.69, 9.17) is 13.8 Å². The minimum absolute atomic E-state index is 0.699. The van der Waals surface area contributed by atoms with E-state index in [-0.39, 0.29) is 0 Å². The second-order valence-corrected chi connectivity index (χ2v) is 7.44. The molecule has 4 rings (SSSR count). The van der Waals surface area contributed by atoms with E-state index < -0.39 is 0 Å². The number of nitrogens with zero attached hydrogens (tertiary/aromatic N) is 3. The Labute approximate surface area is 164 Å². The van der Waals surface area contributed by atoms with Crippen LogP contribution in [0.4, 0.5) is 11.5 Å². The first-order valence-corrected chi connectivity index (χ1v) is 10.2. The van der Waals surface area contributed by atoms with E-state index in [1.807, 2.05) is 12.1 Å². The zero-order chi connectivity index (χ0) is 18.6. The Hall–Kier alpha value is -2.47. The predicted molar refractivity (Wildman–Crippen MR) is 113 cm³/mol. The third-order valence-electron chi connectivity index (χ3n) is 4.90. The van der Waals surface area contributed by atoms with Crippen molar-refractivity contribution >= 4 is 33.1 Å². The van der Waals surface area contributed by atoms with Gasteiger partial charge in [-0.1, -0.05) is 25.1 Å². The lowest BCUT2D eigenvalue weighted by molar-refractivity contribution is 0.294. The Morgan fingerprint density at radius 2 is 1.78 bits per heavy atom. The first-order chi connectivity index (χ1) is 13.3. The number of methoxy groups -OCH3 is 1. The predicted octanol–water partition coefficient (Wildman–Crippen LogP) is 4.42. The molecule has 3 aromatic rings. The minimum Gasteiger partial charge on any atom is -0.491 e. The topological polar surface area (TPSA) is 37.8 Å². The van der Waals surface area contributed by atoms with Crippen LogP contribution in [0.3, 0.4) is 0 Å². The zero-order valence-electron chi connectivity index (χ0n) is 15.9. The van der Waals surface area contributed by atoms with Gasteiger partial charge in [-0.2, -0.15) is 4.37 Å². The molecule has 2 heterocycles. The fourth-order valence-corrected chi connectivity index (χ4v) is 4.34. The number of anilines is 2. The van der Waals surface area contributed by atoms with Gasteiger partial charge in [0.15, 0.2) is 11.5 Å². The molecule has 0 N–H and O–H groups in total. The van der Waals surface area contributed by atoms with E-state index in [0.29, 0.717) is 6.61 Å². The van der Waals surface area contributed by atoms with Gasteiger partial charge in [0.2, 0.25) is 0 Å². The van der Waals surface area contributed by atoms with Crippen LogP contribution in [0.5, 0.6) is 11.5 Å². The average molecular weight is 384 g/mol. The molecule has 1 saturated heterocycles. The highest BCUT2D eigenvalue weighted by Crippen LogP contribution is 2.38. The van der Waals surface area contributed by atoms with Gasteiger partial charge in [-0.3, -0.25) is 0 Å². The number of benzene rings is 2. The highest BCUT2D eigenvalue weighted by molar-refractivity contribution is 7.13. The van der Waals surface area contributed by atoms with Crippen molar-refractivity contribution in [2.75, 3.05) is 49.7 Å². The minimum atomic E-state index is 0.699. The van der Waals surface area contributed by atoms with Gasteiger partial charge in [-0.25, -0.2) is 0 Å². The van der Waals surface area contributed by atoms with E-state index in [9.17, 15) is 0 Å². The van der Waals surface area contributed by atoms with Crippen LogP contribution in [-0.4, -0.2) is 44.3 Å². The first kappa shape index (κ1) is 17.9. The summed E-state index contributed by atoms with van der Waals surface area (Å²) in [4.78, 5) is 4.77. The summed E-state index contributed by atoms with van der Waals surface area (Å²) in [6.07, 6.45) is 0.980. The fourth-order valence-electron chi connectivity index (χ4n) is 3.54. The van der Waals surface area contributed by atoms with Crippen LogP contribution in [0, 0.1) is 0 Å². The summed E-state index contributed by atoms with van der Waals surface area (Å²) in [5.74, 6) is 2.77. The number of aromatic nitrogens is 1. The fraction of sp³-hybridized carbons (Fsp3) is 0.381. The molecule has 1 fully saturated rings. The van der Waals surface area contributed by atoms with Crippen molar-refractivity contribution in [3.63, 3.8) is 0 Å². The lowest BCUT2D eigenvalue weighted by atomic mass is 10.2. The number of fused-ring (bicyclic) bond motifs is 1. The van der Waals surface area contributed by atoms with Crippen LogP contribution in [0.2, 0.25) is 0 Å². The lowest BCUT2D eigenvalue weighted by Crippen LogP contribution is -2.46. The summed E-state index contributed by atoms with van der Waals surface area (Å²) >= 11 is 1.58. The number of rotatable bonds is 6. The highest BCUT2D eigenvalue weighted by Gasteiger charge is 2.23. The summed E-state index contributed by atoms with van der Waals surface area (Å²) in [7, 11) is 1.72. The Morgan fingerprint density at radius 3 is 2.56 bits per heavy atom. The molecule has 27 heavy (non-hydrogen) atoms. The molecule has 0 saturated carbocycles. The largest absolute Gasteiger partial charge is 0.491 e. The molecule has 0 amide bonds. The molecule has 1 aliphatic rings. The summed E-state index contributed by atoms with van der Waals surface area (Å²) in [6.45, 7) is 6.55. The quantitative estimate of drug-likeness (QED) is 0.630. The maximum atomic E-state index is 5.87. The molecule has 5 nitrogen and oxygen atoms in total. The van der Waals surface area contributed by atoms with E-state index in [2.05, 4.69) is 47.1 Å². The van der Waals surface area contributed by atoms with Crippen LogP contribution in [-0.2, 0) is 0 Å². The molecule has 2 aromatic carbocycles. The molecule has 142 valence electrons. The smallest absolute Gasteiger partial charge is 0.184 e. The van der Waals surface area contributed by atoms with E-state index in [1.54, 1.807) is 18.6 Å². The zero-order valence-corrected chi connectivity index (χ0v) is 16.7. The molecular formula is C21H25N3O2S. The number of hydrogen-bond donors (Lipinski definition) is 0. The second kappa shape index (κ2) is 8.05.